The van der Waals surface area contributed by atoms with Crippen molar-refractivity contribution in [1.82, 2.24) is 24.9 Å². The number of pyridine rings is 1. The third-order valence-electron chi connectivity index (χ3n) is 7.20. The first kappa shape index (κ1) is 26.1. The van der Waals surface area contributed by atoms with Crippen LogP contribution in [-0.4, -0.2) is 70.7 Å². The molecule has 1 N–H and O–H groups in total. The number of carbonyl (C=O) groups is 2. The first-order valence-electron chi connectivity index (χ1n) is 12.5. The molecule has 36 heavy (non-hydrogen) atoms. The van der Waals surface area contributed by atoms with Crippen LogP contribution in [0.3, 0.4) is 0 Å². The van der Waals surface area contributed by atoms with Crippen LogP contribution in [0.15, 0.2) is 12.1 Å². The van der Waals surface area contributed by atoms with Gasteiger partial charge in [0.25, 0.3) is 0 Å². The van der Waals surface area contributed by atoms with Crippen LogP contribution in [0.25, 0.3) is 11.4 Å². The SMILES string of the molecule is CCC(CC)N(C)C(=O)OCc1c(-c2ccc(O[C@@H]3CC4=S(C(=O)O)[C@@H]3CCC4)c(C)n2)nnn1C. The molecule has 2 aliphatic rings. The lowest BCUT2D eigenvalue weighted by atomic mass is 10.1. The molecule has 2 aromatic heterocycles. The van der Waals surface area contributed by atoms with Crippen molar-refractivity contribution in [2.45, 2.75) is 83.3 Å². The van der Waals surface area contributed by atoms with E-state index in [-0.39, 0.29) is 30.1 Å². The molecule has 1 unspecified atom stereocenters. The maximum Gasteiger partial charge on any atom is 0.410 e. The maximum atomic E-state index is 12.5. The Bertz CT molecular complexity index is 1180. The summed E-state index contributed by atoms with van der Waals surface area (Å²) in [4.78, 5) is 31.8. The van der Waals surface area contributed by atoms with Gasteiger partial charge in [0.2, 0.25) is 0 Å². The van der Waals surface area contributed by atoms with E-state index >= 15 is 0 Å². The van der Waals surface area contributed by atoms with Gasteiger partial charge in [-0.05, 0) is 56.0 Å². The lowest BCUT2D eigenvalue weighted by Gasteiger charge is -2.25. The minimum absolute atomic E-state index is 0.0288. The Labute approximate surface area is 213 Å². The first-order valence-corrected chi connectivity index (χ1v) is 13.8. The van der Waals surface area contributed by atoms with Crippen LogP contribution >= 0.6 is 10.5 Å². The highest BCUT2D eigenvalue weighted by atomic mass is 32.2. The van der Waals surface area contributed by atoms with Gasteiger partial charge < -0.3 is 19.5 Å². The van der Waals surface area contributed by atoms with E-state index in [1.54, 1.807) is 23.7 Å². The normalized spacial score (nSPS) is 21.1. The third-order valence-corrected chi connectivity index (χ3v) is 9.72. The lowest BCUT2D eigenvalue weighted by molar-refractivity contribution is 0.0875. The number of hydrogen-bond donors (Lipinski definition) is 1. The van der Waals surface area contributed by atoms with Gasteiger partial charge in [0.15, 0.2) is 0 Å². The molecule has 0 spiro atoms. The quantitative estimate of drug-likeness (QED) is 0.498. The fourth-order valence-electron chi connectivity index (χ4n) is 5.12. The number of nitrogens with zero attached hydrogens (tertiary/aromatic N) is 5. The Morgan fingerprint density at radius 1 is 1.31 bits per heavy atom. The summed E-state index contributed by atoms with van der Waals surface area (Å²) >= 11 is 0. The molecule has 4 heterocycles. The van der Waals surface area contributed by atoms with E-state index in [0.717, 1.165) is 37.0 Å². The molecule has 10 nitrogen and oxygen atoms in total. The van der Waals surface area contributed by atoms with E-state index in [2.05, 4.69) is 10.3 Å². The van der Waals surface area contributed by atoms with Crippen molar-refractivity contribution in [2.24, 2.45) is 7.05 Å². The van der Waals surface area contributed by atoms with Gasteiger partial charge in [-0.2, -0.15) is 0 Å². The van der Waals surface area contributed by atoms with Crippen molar-refractivity contribution < 1.29 is 24.2 Å². The highest BCUT2D eigenvalue weighted by Crippen LogP contribution is 2.45. The van der Waals surface area contributed by atoms with E-state index in [9.17, 15) is 14.7 Å². The van der Waals surface area contributed by atoms with E-state index in [4.69, 9.17) is 14.5 Å². The summed E-state index contributed by atoms with van der Waals surface area (Å²) in [6, 6.07) is 3.80. The van der Waals surface area contributed by atoms with Crippen LogP contribution in [0, 0.1) is 6.92 Å². The molecule has 1 amide bonds. The first-order chi connectivity index (χ1) is 17.2. The minimum Gasteiger partial charge on any atom is -0.487 e. The number of amides is 1. The molecule has 2 bridgehead atoms. The minimum atomic E-state index is -0.715. The van der Waals surface area contributed by atoms with Crippen LogP contribution in [0.4, 0.5) is 9.59 Å². The molecule has 0 aliphatic carbocycles. The average molecular weight is 518 g/mol. The van der Waals surface area contributed by atoms with Crippen LogP contribution in [0.1, 0.15) is 63.8 Å². The molecule has 0 radical (unpaired) electrons. The molecule has 0 aromatic carbocycles. The monoisotopic (exact) mass is 517 g/mol. The second-order valence-electron chi connectivity index (χ2n) is 9.36. The number of fused-ring (bicyclic) bond motifs is 1. The summed E-state index contributed by atoms with van der Waals surface area (Å²) in [5.74, 6) is 0.648. The highest BCUT2D eigenvalue weighted by Gasteiger charge is 2.41. The number of rotatable bonds is 8. The zero-order chi connectivity index (χ0) is 26.0. The van der Waals surface area contributed by atoms with Gasteiger partial charge in [-0.3, -0.25) is 0 Å². The second-order valence-corrected chi connectivity index (χ2v) is 11.6. The van der Waals surface area contributed by atoms with Gasteiger partial charge in [-0.15, -0.1) is 5.10 Å². The summed E-state index contributed by atoms with van der Waals surface area (Å²) in [7, 11) is 2.79. The van der Waals surface area contributed by atoms with E-state index in [0.29, 0.717) is 34.9 Å². The molecule has 196 valence electrons. The molecule has 11 heteroatoms. The Morgan fingerprint density at radius 3 is 2.69 bits per heavy atom. The van der Waals surface area contributed by atoms with Crippen molar-refractivity contribution in [3.8, 4) is 17.1 Å². The van der Waals surface area contributed by atoms with Crippen molar-refractivity contribution >= 4 is 26.7 Å². The van der Waals surface area contributed by atoms with E-state index in [1.807, 2.05) is 32.9 Å². The summed E-state index contributed by atoms with van der Waals surface area (Å²) < 4.78 is 13.5. The van der Waals surface area contributed by atoms with Crippen molar-refractivity contribution in [2.75, 3.05) is 7.05 Å². The van der Waals surface area contributed by atoms with Crippen LogP contribution in [0.2, 0.25) is 0 Å². The van der Waals surface area contributed by atoms with Gasteiger partial charge in [0, 0.05) is 31.8 Å². The third kappa shape index (κ3) is 5.11. The van der Waals surface area contributed by atoms with Gasteiger partial charge in [-0.25, -0.2) is 19.3 Å². The Kier molecular flexibility index (Phi) is 7.97. The smallest absolute Gasteiger partial charge is 0.410 e. The summed E-state index contributed by atoms with van der Waals surface area (Å²) in [5.41, 5.74) is 2.49. The van der Waals surface area contributed by atoms with Crippen LogP contribution < -0.4 is 4.74 Å². The Balaban J connectivity index is 1.47. The molecule has 2 aromatic rings. The molecular weight excluding hydrogens is 482 g/mol. The predicted octanol–water partition coefficient (Wildman–Crippen LogP) is 4.77. The van der Waals surface area contributed by atoms with E-state index in [1.165, 1.54) is 0 Å². The van der Waals surface area contributed by atoms with Gasteiger partial charge in [0.1, 0.15) is 29.8 Å². The number of carboxylic acid groups (broad SMARTS) is 1. The van der Waals surface area contributed by atoms with E-state index < -0.39 is 15.8 Å². The summed E-state index contributed by atoms with van der Waals surface area (Å²) in [6.45, 7) is 5.99. The van der Waals surface area contributed by atoms with Gasteiger partial charge in [0.05, 0.1) is 11.4 Å². The number of carbonyl (C=O) groups excluding carboxylic acids is 1. The largest absolute Gasteiger partial charge is 0.487 e. The number of ether oxygens (including phenoxy) is 2. The van der Waals surface area contributed by atoms with Crippen LogP contribution in [0.5, 0.6) is 5.75 Å². The van der Waals surface area contributed by atoms with Crippen molar-refractivity contribution in [1.29, 1.82) is 0 Å². The maximum absolute atomic E-state index is 12.5. The molecule has 0 fully saturated rings. The molecule has 2 aliphatic heterocycles. The Morgan fingerprint density at radius 2 is 2.06 bits per heavy atom. The Hall–Kier alpha value is -2.95. The summed E-state index contributed by atoms with van der Waals surface area (Å²) in [6.07, 6.45) is 4.69. The standard InChI is InChI=1S/C25H35N5O5S/c1-6-16(7-2)29(4)24(31)34-14-19-23(27-28-30(19)5)18-11-12-20(15(3)26-18)35-21-13-17-9-8-10-22(21)36(17)25(32)33/h11-12,16,21-22H,6-10,13-14H2,1-5H3,(H,32,33)/t21-,22-,36?/m1/s1. The molecule has 0 saturated carbocycles. The predicted molar refractivity (Wildman–Crippen MR) is 139 cm³/mol. The number of hydrogen-bond acceptors (Lipinski definition) is 7. The zero-order valence-electron chi connectivity index (χ0n) is 21.6. The molecule has 4 rings (SSSR count). The lowest BCUT2D eigenvalue weighted by Crippen LogP contribution is -2.36. The fraction of sp³-hybridized carbons (Fsp3) is 0.600. The zero-order valence-corrected chi connectivity index (χ0v) is 22.4. The van der Waals surface area contributed by atoms with Gasteiger partial charge >= 0.3 is 11.4 Å². The molecule has 3 atom stereocenters. The highest BCUT2D eigenvalue weighted by molar-refractivity contribution is 8.28. The fourth-order valence-corrected chi connectivity index (χ4v) is 7.62. The van der Waals surface area contributed by atoms with Crippen molar-refractivity contribution in [3.05, 3.63) is 23.5 Å². The average Bonchev–Trinajstić information content (AvgIpc) is 3.33. The van der Waals surface area contributed by atoms with Gasteiger partial charge in [-0.1, -0.05) is 29.5 Å². The molecular formula is C25H35N5O5S. The molecule has 0 saturated heterocycles. The van der Waals surface area contributed by atoms with Crippen LogP contribution in [-0.2, 0) is 18.4 Å². The number of aromatic nitrogens is 4. The second kappa shape index (κ2) is 11.0. The van der Waals surface area contributed by atoms with Crippen molar-refractivity contribution in [3.63, 3.8) is 0 Å². The summed E-state index contributed by atoms with van der Waals surface area (Å²) in [5, 5.41) is 17.4. The topological polar surface area (TPSA) is 120 Å². The number of aryl methyl sites for hydroxylation is 2.